The van der Waals surface area contributed by atoms with Gasteiger partial charge in [0.1, 0.15) is 0 Å². The Kier molecular flexibility index (Phi) is 5.32. The maximum atomic E-state index is 2.61. The Bertz CT molecular complexity index is 878. The maximum Gasteiger partial charge on any atom is 0.00902 e. The van der Waals surface area contributed by atoms with Crippen molar-refractivity contribution < 1.29 is 0 Å². The molecule has 2 aliphatic rings. The standard InChI is InChI=1S/C29H36/c1-7-19(3)25-17-27(23-15-11-9-13-21(23)25)29(5,6)28-18-26(20(4)8-2)22-14-10-12-16-24(22)28/h9-20,27-28H,7-8H2,1-6H3. The lowest BCUT2D eigenvalue weighted by Crippen LogP contribution is -2.26. The largest absolute Gasteiger partial charge is 0.0723 e. The Balaban J connectivity index is 1.81. The molecule has 0 heteroatoms. The number of allylic oxidation sites excluding steroid dienone is 4. The fourth-order valence-electron chi connectivity index (χ4n) is 5.50. The summed E-state index contributed by atoms with van der Waals surface area (Å²) in [6.07, 6.45) is 7.60. The fraction of sp³-hybridized carbons (Fsp3) is 0.448. The third-order valence-corrected chi connectivity index (χ3v) is 7.80. The van der Waals surface area contributed by atoms with Gasteiger partial charge in [-0.1, -0.05) is 102 Å². The molecule has 29 heavy (non-hydrogen) atoms. The van der Waals surface area contributed by atoms with Gasteiger partial charge in [-0.25, -0.2) is 0 Å². The second-order valence-corrected chi connectivity index (χ2v) is 9.81. The van der Waals surface area contributed by atoms with Crippen LogP contribution in [0.1, 0.15) is 88.5 Å². The third kappa shape index (κ3) is 3.21. The molecule has 0 amide bonds. The zero-order valence-electron chi connectivity index (χ0n) is 19.0. The summed E-state index contributed by atoms with van der Waals surface area (Å²) in [4.78, 5) is 0. The highest BCUT2D eigenvalue weighted by Gasteiger charge is 2.43. The Morgan fingerprint density at radius 2 is 1.07 bits per heavy atom. The van der Waals surface area contributed by atoms with Gasteiger partial charge in [-0.2, -0.15) is 0 Å². The van der Waals surface area contributed by atoms with E-state index in [1.165, 1.54) is 35.1 Å². The molecular weight excluding hydrogens is 348 g/mol. The van der Waals surface area contributed by atoms with Gasteiger partial charge in [0, 0.05) is 11.8 Å². The molecule has 0 saturated heterocycles. The quantitative estimate of drug-likeness (QED) is 0.468. The topological polar surface area (TPSA) is 0 Å². The smallest absolute Gasteiger partial charge is 0.00902 e. The van der Waals surface area contributed by atoms with E-state index in [-0.39, 0.29) is 5.41 Å². The molecule has 0 radical (unpaired) electrons. The molecule has 0 spiro atoms. The first-order chi connectivity index (χ1) is 13.9. The van der Waals surface area contributed by atoms with Gasteiger partial charge in [-0.15, -0.1) is 0 Å². The van der Waals surface area contributed by atoms with Gasteiger partial charge in [0.25, 0.3) is 0 Å². The van der Waals surface area contributed by atoms with Crippen molar-refractivity contribution in [1.29, 1.82) is 0 Å². The Morgan fingerprint density at radius 3 is 1.45 bits per heavy atom. The summed E-state index contributed by atoms with van der Waals surface area (Å²) in [6, 6.07) is 18.3. The molecule has 0 aromatic heterocycles. The third-order valence-electron chi connectivity index (χ3n) is 7.80. The van der Waals surface area contributed by atoms with Crippen LogP contribution in [-0.2, 0) is 0 Å². The van der Waals surface area contributed by atoms with Crippen molar-refractivity contribution in [3.05, 3.63) is 82.9 Å². The minimum atomic E-state index is 0.122. The van der Waals surface area contributed by atoms with Gasteiger partial charge in [0.2, 0.25) is 0 Å². The van der Waals surface area contributed by atoms with Crippen LogP contribution in [0, 0.1) is 17.3 Å². The molecule has 152 valence electrons. The molecule has 0 N–H and O–H groups in total. The first kappa shape index (κ1) is 20.2. The Labute approximate surface area is 177 Å². The van der Waals surface area contributed by atoms with Crippen LogP contribution in [0.3, 0.4) is 0 Å². The molecule has 4 unspecified atom stereocenters. The van der Waals surface area contributed by atoms with Crippen LogP contribution in [0.5, 0.6) is 0 Å². The normalized spacial score (nSPS) is 22.6. The molecule has 2 aliphatic carbocycles. The van der Waals surface area contributed by atoms with Crippen molar-refractivity contribution in [3.63, 3.8) is 0 Å². The summed E-state index contributed by atoms with van der Waals surface area (Å²) in [6.45, 7) is 14.3. The van der Waals surface area contributed by atoms with Crippen LogP contribution in [-0.4, -0.2) is 0 Å². The van der Waals surface area contributed by atoms with E-state index in [1.54, 1.807) is 11.1 Å². The van der Waals surface area contributed by atoms with E-state index >= 15 is 0 Å². The van der Waals surface area contributed by atoms with E-state index in [0.717, 1.165) is 0 Å². The molecule has 4 atom stereocenters. The molecule has 0 nitrogen and oxygen atoms in total. The van der Waals surface area contributed by atoms with Crippen LogP contribution in [0.25, 0.3) is 11.1 Å². The van der Waals surface area contributed by atoms with E-state index < -0.39 is 0 Å². The van der Waals surface area contributed by atoms with E-state index in [9.17, 15) is 0 Å². The second kappa shape index (κ2) is 7.63. The second-order valence-electron chi connectivity index (χ2n) is 9.81. The number of benzene rings is 2. The van der Waals surface area contributed by atoms with Gasteiger partial charge in [-0.05, 0) is 63.5 Å². The molecule has 0 bridgehead atoms. The number of rotatable bonds is 6. The molecule has 2 aromatic carbocycles. The van der Waals surface area contributed by atoms with Crippen molar-refractivity contribution in [2.45, 2.75) is 66.2 Å². The highest BCUT2D eigenvalue weighted by atomic mass is 14.5. The fourth-order valence-corrected chi connectivity index (χ4v) is 5.50. The molecule has 0 heterocycles. The molecule has 0 aliphatic heterocycles. The Morgan fingerprint density at radius 1 is 0.690 bits per heavy atom. The molecule has 0 fully saturated rings. The summed E-state index contributed by atoms with van der Waals surface area (Å²) in [5, 5.41) is 0. The van der Waals surface area contributed by atoms with Gasteiger partial charge >= 0.3 is 0 Å². The van der Waals surface area contributed by atoms with Crippen LogP contribution in [0.4, 0.5) is 0 Å². The van der Waals surface area contributed by atoms with Crippen LogP contribution < -0.4 is 0 Å². The lowest BCUT2D eigenvalue weighted by molar-refractivity contribution is 0.291. The average Bonchev–Trinajstić information content (AvgIpc) is 3.33. The monoisotopic (exact) mass is 384 g/mol. The number of hydrogen-bond acceptors (Lipinski definition) is 0. The van der Waals surface area contributed by atoms with Gasteiger partial charge < -0.3 is 0 Å². The summed E-state index contributed by atoms with van der Waals surface area (Å²) in [5.41, 5.74) is 9.24. The van der Waals surface area contributed by atoms with Crippen molar-refractivity contribution >= 4 is 11.1 Å². The van der Waals surface area contributed by atoms with Crippen molar-refractivity contribution in [1.82, 2.24) is 0 Å². The van der Waals surface area contributed by atoms with Gasteiger partial charge in [0.15, 0.2) is 0 Å². The van der Waals surface area contributed by atoms with E-state index in [1.807, 2.05) is 0 Å². The van der Waals surface area contributed by atoms with Gasteiger partial charge in [0.05, 0.1) is 0 Å². The predicted molar refractivity (Wildman–Crippen MR) is 127 cm³/mol. The Hall–Kier alpha value is -2.08. The number of hydrogen-bond donors (Lipinski definition) is 0. The molecule has 4 rings (SSSR count). The van der Waals surface area contributed by atoms with Crippen molar-refractivity contribution in [3.8, 4) is 0 Å². The summed E-state index contributed by atoms with van der Waals surface area (Å²) in [7, 11) is 0. The van der Waals surface area contributed by atoms with Crippen molar-refractivity contribution in [2.24, 2.45) is 17.3 Å². The average molecular weight is 385 g/mol. The molecule has 2 aromatic rings. The van der Waals surface area contributed by atoms with E-state index in [4.69, 9.17) is 0 Å². The van der Waals surface area contributed by atoms with Crippen LogP contribution >= 0.6 is 0 Å². The zero-order valence-corrected chi connectivity index (χ0v) is 19.0. The van der Waals surface area contributed by atoms with Crippen molar-refractivity contribution in [2.75, 3.05) is 0 Å². The minimum absolute atomic E-state index is 0.122. The summed E-state index contributed by atoms with van der Waals surface area (Å²) >= 11 is 0. The highest BCUT2D eigenvalue weighted by molar-refractivity contribution is 5.79. The first-order valence-electron chi connectivity index (χ1n) is 11.5. The first-order valence-corrected chi connectivity index (χ1v) is 11.5. The zero-order chi connectivity index (χ0) is 20.8. The lowest BCUT2D eigenvalue weighted by atomic mass is 9.66. The molecule has 0 saturated carbocycles. The summed E-state index contributed by atoms with van der Waals surface area (Å²) < 4.78 is 0. The summed E-state index contributed by atoms with van der Waals surface area (Å²) in [5.74, 6) is 2.12. The highest BCUT2D eigenvalue weighted by Crippen LogP contribution is 2.57. The van der Waals surface area contributed by atoms with Gasteiger partial charge in [-0.3, -0.25) is 0 Å². The predicted octanol–water partition coefficient (Wildman–Crippen LogP) is 8.47. The SMILES string of the molecule is CCC(C)C1=CC(C(C)(C)C2C=C(C(C)CC)c3ccccc32)c2ccccc21. The lowest BCUT2D eigenvalue weighted by Gasteiger charge is -2.37. The maximum absolute atomic E-state index is 2.61. The minimum Gasteiger partial charge on any atom is -0.0723 e. The van der Waals surface area contributed by atoms with Crippen LogP contribution in [0.15, 0.2) is 60.7 Å². The van der Waals surface area contributed by atoms with E-state index in [2.05, 4.69) is 102 Å². The van der Waals surface area contributed by atoms with E-state index in [0.29, 0.717) is 23.7 Å². The van der Waals surface area contributed by atoms with Crippen LogP contribution in [0.2, 0.25) is 0 Å². The number of fused-ring (bicyclic) bond motifs is 2. The molecular formula is C29H36.